The van der Waals surface area contributed by atoms with Crippen LogP contribution in [-0.4, -0.2) is 59.0 Å². The minimum Gasteiger partial charge on any atom is -0.329 e. The molecule has 1 saturated heterocycles. The van der Waals surface area contributed by atoms with Crippen molar-refractivity contribution in [3.05, 3.63) is 29.8 Å². The van der Waals surface area contributed by atoms with Gasteiger partial charge < -0.3 is 4.90 Å². The fraction of sp³-hybridized carbons (Fsp3) is 0.550. The van der Waals surface area contributed by atoms with Crippen molar-refractivity contribution in [2.24, 2.45) is 5.92 Å². The quantitative estimate of drug-likeness (QED) is 0.675. The predicted molar refractivity (Wildman–Crippen MR) is 100 cm³/mol. The Balaban J connectivity index is 1.78. The topological polar surface area (TPSA) is 60.9 Å². The lowest BCUT2D eigenvalue weighted by molar-refractivity contribution is -0.166. The van der Waals surface area contributed by atoms with Crippen LogP contribution in [0.5, 0.6) is 0 Å². The second-order valence-electron chi connectivity index (χ2n) is 7.80. The van der Waals surface area contributed by atoms with Crippen LogP contribution in [0.3, 0.4) is 0 Å². The summed E-state index contributed by atoms with van der Waals surface area (Å²) in [5.41, 5.74) is 1.47. The van der Waals surface area contributed by atoms with Crippen LogP contribution in [0.15, 0.2) is 24.3 Å². The van der Waals surface area contributed by atoms with Gasteiger partial charge in [0.15, 0.2) is 0 Å². The summed E-state index contributed by atoms with van der Waals surface area (Å²) >= 11 is 0. The molecule has 0 radical (unpaired) electrons. The molecule has 2 aliphatic rings. The van der Waals surface area contributed by atoms with Gasteiger partial charge in [-0.05, 0) is 51.7 Å². The fourth-order valence-electron chi connectivity index (χ4n) is 3.62. The molecule has 29 heavy (non-hydrogen) atoms. The van der Waals surface area contributed by atoms with Crippen LogP contribution in [0, 0.1) is 12.8 Å². The fourth-order valence-corrected chi connectivity index (χ4v) is 3.62. The summed E-state index contributed by atoms with van der Waals surface area (Å²) < 4.78 is 39.0. The lowest BCUT2D eigenvalue weighted by Gasteiger charge is -2.31. The van der Waals surface area contributed by atoms with Crippen molar-refractivity contribution in [3.8, 4) is 0 Å². The molecule has 0 spiro atoms. The average Bonchev–Trinajstić information content (AvgIpc) is 3.46. The van der Waals surface area contributed by atoms with Crippen LogP contribution in [0.1, 0.15) is 32.3 Å². The first kappa shape index (κ1) is 21.1. The summed E-state index contributed by atoms with van der Waals surface area (Å²) in [5, 5.41) is 0. The molecule has 9 heteroatoms. The number of anilines is 1. The van der Waals surface area contributed by atoms with E-state index in [1.807, 2.05) is 6.92 Å². The second kappa shape index (κ2) is 7.68. The Morgan fingerprint density at radius 1 is 1.21 bits per heavy atom. The number of alkyl halides is 3. The molecule has 158 valence electrons. The summed E-state index contributed by atoms with van der Waals surface area (Å²) in [7, 11) is 0. The monoisotopic (exact) mass is 411 g/mol. The summed E-state index contributed by atoms with van der Waals surface area (Å²) in [6.07, 6.45) is -3.02. The highest BCUT2D eigenvalue weighted by molar-refractivity contribution is 6.15. The third-order valence-corrected chi connectivity index (χ3v) is 5.52. The standard InChI is InChI=1S/C20H24F3N3O3/c1-12-4-8-16(9-5-12)26-14(3)18(28)24(19(26)29)10-17(27)25(11-20(21,22)23)13(2)15-6-7-15/h4-5,8-9,13-15H,6-7,10-11H2,1-3H3. The van der Waals surface area contributed by atoms with Gasteiger partial charge >= 0.3 is 12.2 Å². The predicted octanol–water partition coefficient (Wildman–Crippen LogP) is 3.34. The number of carbonyl (C=O) groups excluding carboxylic acids is 3. The van der Waals surface area contributed by atoms with Crippen molar-refractivity contribution in [3.63, 3.8) is 0 Å². The number of carbonyl (C=O) groups is 3. The Morgan fingerprint density at radius 2 is 1.79 bits per heavy atom. The number of imide groups is 1. The number of hydrogen-bond acceptors (Lipinski definition) is 3. The molecule has 1 aromatic rings. The lowest BCUT2D eigenvalue weighted by atomic mass is 10.1. The zero-order valence-corrected chi connectivity index (χ0v) is 16.6. The van der Waals surface area contributed by atoms with Crippen LogP contribution in [0.4, 0.5) is 23.7 Å². The molecule has 1 aliphatic heterocycles. The van der Waals surface area contributed by atoms with Crippen LogP contribution < -0.4 is 4.90 Å². The second-order valence-corrected chi connectivity index (χ2v) is 7.80. The molecule has 1 aromatic carbocycles. The van der Waals surface area contributed by atoms with Crippen LogP contribution in [-0.2, 0) is 9.59 Å². The zero-order chi connectivity index (χ0) is 21.5. The molecule has 6 nitrogen and oxygen atoms in total. The SMILES string of the molecule is Cc1ccc(N2C(=O)N(CC(=O)N(CC(F)(F)F)C(C)C3CC3)C(=O)C2C)cc1. The Morgan fingerprint density at radius 3 is 2.31 bits per heavy atom. The van der Waals surface area contributed by atoms with Crippen LogP contribution in [0.2, 0.25) is 0 Å². The van der Waals surface area contributed by atoms with E-state index in [1.54, 1.807) is 31.2 Å². The first-order chi connectivity index (χ1) is 13.5. The van der Waals surface area contributed by atoms with Gasteiger partial charge in [0.25, 0.3) is 5.91 Å². The van der Waals surface area contributed by atoms with Crippen molar-refractivity contribution >= 4 is 23.5 Å². The van der Waals surface area contributed by atoms with E-state index in [9.17, 15) is 27.6 Å². The molecule has 1 heterocycles. The van der Waals surface area contributed by atoms with Crippen LogP contribution in [0.25, 0.3) is 0 Å². The smallest absolute Gasteiger partial charge is 0.329 e. The van der Waals surface area contributed by atoms with Gasteiger partial charge in [-0.1, -0.05) is 17.7 Å². The Labute approximate surface area is 167 Å². The summed E-state index contributed by atoms with van der Waals surface area (Å²) in [6, 6.07) is 4.82. The molecule has 3 rings (SSSR count). The number of hydrogen-bond donors (Lipinski definition) is 0. The van der Waals surface area contributed by atoms with Gasteiger partial charge in [-0.15, -0.1) is 0 Å². The Bertz CT molecular complexity index is 805. The van der Waals surface area contributed by atoms with E-state index >= 15 is 0 Å². The molecule has 2 unspecified atom stereocenters. The zero-order valence-electron chi connectivity index (χ0n) is 16.6. The number of rotatable bonds is 6. The Hall–Kier alpha value is -2.58. The molecule has 2 atom stereocenters. The number of nitrogens with zero attached hydrogens (tertiary/aromatic N) is 3. The number of aryl methyl sites for hydroxylation is 1. The molecule has 2 fully saturated rings. The van der Waals surface area contributed by atoms with Crippen molar-refractivity contribution in [1.29, 1.82) is 0 Å². The van der Waals surface area contributed by atoms with Gasteiger partial charge in [0.05, 0.1) is 0 Å². The van der Waals surface area contributed by atoms with Crippen LogP contribution >= 0.6 is 0 Å². The maximum atomic E-state index is 13.0. The highest BCUT2D eigenvalue weighted by atomic mass is 19.4. The molecule has 4 amide bonds. The molecule has 1 aliphatic carbocycles. The third kappa shape index (κ3) is 4.54. The largest absolute Gasteiger partial charge is 0.406 e. The first-order valence-electron chi connectivity index (χ1n) is 9.57. The van der Waals surface area contributed by atoms with E-state index in [0.29, 0.717) is 5.69 Å². The maximum absolute atomic E-state index is 13.0. The first-order valence-corrected chi connectivity index (χ1v) is 9.57. The highest BCUT2D eigenvalue weighted by Gasteiger charge is 2.46. The molecule has 0 aromatic heterocycles. The minimum atomic E-state index is -4.56. The highest BCUT2D eigenvalue weighted by Crippen LogP contribution is 2.36. The van der Waals surface area contributed by atoms with Gasteiger partial charge in [0, 0.05) is 11.7 Å². The average molecular weight is 411 g/mol. The molecular formula is C20H24F3N3O3. The maximum Gasteiger partial charge on any atom is 0.406 e. The van der Waals surface area contributed by atoms with Gasteiger partial charge in [-0.2, -0.15) is 13.2 Å². The van der Waals surface area contributed by atoms with E-state index in [0.717, 1.165) is 28.2 Å². The van der Waals surface area contributed by atoms with Crippen molar-refractivity contribution in [2.75, 3.05) is 18.0 Å². The number of amides is 4. The normalized spacial score (nSPS) is 21.0. The van der Waals surface area contributed by atoms with E-state index < -0.39 is 49.2 Å². The Kier molecular flexibility index (Phi) is 5.60. The van der Waals surface area contributed by atoms with Gasteiger partial charge in [0.2, 0.25) is 5.91 Å². The molecular weight excluding hydrogens is 387 g/mol. The van der Waals surface area contributed by atoms with E-state index in [4.69, 9.17) is 0 Å². The van der Waals surface area contributed by atoms with E-state index in [1.165, 1.54) is 11.8 Å². The van der Waals surface area contributed by atoms with Gasteiger partial charge in [-0.25, -0.2) is 4.79 Å². The van der Waals surface area contributed by atoms with Crippen molar-refractivity contribution < 1.29 is 27.6 Å². The lowest BCUT2D eigenvalue weighted by Crippen LogP contribution is -2.50. The number of urea groups is 1. The van der Waals surface area contributed by atoms with Gasteiger partial charge in [0.1, 0.15) is 19.1 Å². The van der Waals surface area contributed by atoms with Crippen molar-refractivity contribution in [1.82, 2.24) is 9.80 Å². The molecule has 1 saturated carbocycles. The van der Waals surface area contributed by atoms with Gasteiger partial charge in [-0.3, -0.25) is 19.4 Å². The number of halogens is 3. The summed E-state index contributed by atoms with van der Waals surface area (Å²) in [5.74, 6) is -1.45. The minimum absolute atomic E-state index is 0.0225. The van der Waals surface area contributed by atoms with Crippen molar-refractivity contribution in [2.45, 2.75) is 51.9 Å². The third-order valence-electron chi connectivity index (χ3n) is 5.52. The number of benzene rings is 1. The summed E-state index contributed by atoms with van der Waals surface area (Å²) in [6.45, 7) is 2.90. The summed E-state index contributed by atoms with van der Waals surface area (Å²) in [4.78, 5) is 40.9. The molecule has 0 N–H and O–H groups in total. The molecule has 0 bridgehead atoms. The van der Waals surface area contributed by atoms with E-state index in [-0.39, 0.29) is 5.92 Å². The van der Waals surface area contributed by atoms with E-state index in [2.05, 4.69) is 0 Å².